The summed E-state index contributed by atoms with van der Waals surface area (Å²) >= 11 is 0. The molecule has 0 saturated heterocycles. The van der Waals surface area contributed by atoms with E-state index in [0.29, 0.717) is 12.1 Å². The van der Waals surface area contributed by atoms with Crippen molar-refractivity contribution in [3.63, 3.8) is 0 Å². The van der Waals surface area contributed by atoms with E-state index in [-0.39, 0.29) is 17.1 Å². The van der Waals surface area contributed by atoms with Crippen molar-refractivity contribution in [2.45, 2.75) is 50.2 Å². The zero-order valence-electron chi connectivity index (χ0n) is 11.5. The first-order valence-corrected chi connectivity index (χ1v) is 7.17. The van der Waals surface area contributed by atoms with Crippen LogP contribution in [-0.4, -0.2) is 11.4 Å². The molecule has 0 atom stereocenters. The summed E-state index contributed by atoms with van der Waals surface area (Å²) in [5.41, 5.74) is -0.260. The van der Waals surface area contributed by atoms with E-state index in [1.807, 2.05) is 0 Å². The van der Waals surface area contributed by atoms with Gasteiger partial charge in [0.25, 0.3) is 0 Å². The molecule has 114 valence electrons. The Morgan fingerprint density at radius 1 is 1.05 bits per heavy atom. The van der Waals surface area contributed by atoms with E-state index in [2.05, 4.69) is 10.6 Å². The van der Waals surface area contributed by atoms with E-state index >= 15 is 0 Å². The fourth-order valence-electron chi connectivity index (χ4n) is 3.29. The minimum atomic E-state index is -4.41. The number of benzene rings is 1. The molecular weight excluding hydrogens is 281 g/mol. The monoisotopic (exact) mass is 298 g/mol. The lowest BCUT2D eigenvalue weighted by Crippen LogP contribution is -2.41. The number of nitrogens with one attached hydrogen (secondary N) is 2. The molecule has 1 saturated carbocycles. The highest BCUT2D eigenvalue weighted by Gasteiger charge is 2.38. The molecule has 1 spiro atoms. The van der Waals surface area contributed by atoms with Crippen LogP contribution in [0.4, 0.5) is 24.5 Å². The van der Waals surface area contributed by atoms with Gasteiger partial charge in [0, 0.05) is 12.0 Å². The predicted octanol–water partition coefficient (Wildman–Crippen LogP) is 4.16. The Balaban J connectivity index is 1.97. The number of rotatable bonds is 0. The first kappa shape index (κ1) is 14.2. The Labute approximate surface area is 120 Å². The number of amides is 1. The van der Waals surface area contributed by atoms with Crippen molar-refractivity contribution in [2.75, 3.05) is 10.6 Å². The van der Waals surface area contributed by atoms with Crippen LogP contribution in [0.1, 0.15) is 44.1 Å². The van der Waals surface area contributed by atoms with Crippen LogP contribution >= 0.6 is 0 Å². The van der Waals surface area contributed by atoms with Gasteiger partial charge in [-0.3, -0.25) is 4.79 Å². The Hall–Kier alpha value is -1.72. The summed E-state index contributed by atoms with van der Waals surface area (Å²) < 4.78 is 38.3. The molecule has 1 heterocycles. The molecule has 2 N–H and O–H groups in total. The minimum absolute atomic E-state index is 0.220. The van der Waals surface area contributed by atoms with Crippen LogP contribution in [0.5, 0.6) is 0 Å². The summed E-state index contributed by atoms with van der Waals surface area (Å²) in [7, 11) is 0. The highest BCUT2D eigenvalue weighted by molar-refractivity contribution is 5.97. The van der Waals surface area contributed by atoms with E-state index < -0.39 is 11.7 Å². The van der Waals surface area contributed by atoms with Gasteiger partial charge in [0.15, 0.2) is 0 Å². The summed E-state index contributed by atoms with van der Waals surface area (Å²) in [6, 6.07) is 3.47. The Morgan fingerprint density at radius 3 is 2.43 bits per heavy atom. The third-order valence-electron chi connectivity index (χ3n) is 4.33. The maximum atomic E-state index is 12.8. The number of carbonyl (C=O) groups is 1. The summed E-state index contributed by atoms with van der Waals surface area (Å²) in [5, 5.41) is 5.94. The maximum Gasteiger partial charge on any atom is 0.416 e. The third kappa shape index (κ3) is 2.84. The fraction of sp³-hybridized carbons (Fsp3) is 0.533. The molecule has 0 radical (unpaired) electrons. The zero-order valence-corrected chi connectivity index (χ0v) is 11.5. The molecule has 2 aliphatic rings. The van der Waals surface area contributed by atoms with E-state index in [1.54, 1.807) is 0 Å². The predicted molar refractivity (Wildman–Crippen MR) is 74.1 cm³/mol. The molecule has 0 unspecified atom stereocenters. The molecule has 0 aromatic heterocycles. The quantitative estimate of drug-likeness (QED) is 0.755. The number of hydrogen-bond donors (Lipinski definition) is 2. The van der Waals surface area contributed by atoms with Crippen LogP contribution in [-0.2, 0) is 11.0 Å². The number of halogens is 3. The summed E-state index contributed by atoms with van der Waals surface area (Å²) in [4.78, 5) is 12.0. The van der Waals surface area contributed by atoms with Crippen molar-refractivity contribution in [3.05, 3.63) is 23.8 Å². The standard InChI is InChI=1S/C15H17F3N2O/c16-15(17,18)10-4-5-11-12(8-10)19-13(21)9-14(20-11)6-2-1-3-7-14/h4-5,8,20H,1-3,6-7,9H2,(H,19,21). The van der Waals surface area contributed by atoms with E-state index in [1.165, 1.54) is 6.07 Å². The van der Waals surface area contributed by atoms with Gasteiger partial charge < -0.3 is 10.6 Å². The number of alkyl halides is 3. The number of fused-ring (bicyclic) bond motifs is 1. The van der Waals surface area contributed by atoms with Gasteiger partial charge in [-0.1, -0.05) is 19.3 Å². The smallest absolute Gasteiger partial charge is 0.377 e. The molecular formula is C15H17F3N2O. The Bertz CT molecular complexity index is 563. The lowest BCUT2D eigenvalue weighted by molar-refractivity contribution is -0.137. The van der Waals surface area contributed by atoms with Crippen molar-refractivity contribution in [1.82, 2.24) is 0 Å². The maximum absolute atomic E-state index is 12.8. The molecule has 1 aliphatic carbocycles. The summed E-state index contributed by atoms with van der Waals surface area (Å²) in [5.74, 6) is -0.220. The van der Waals surface area contributed by atoms with E-state index in [4.69, 9.17) is 0 Å². The number of carbonyl (C=O) groups excluding carboxylic acids is 1. The minimum Gasteiger partial charge on any atom is -0.377 e. The van der Waals surface area contributed by atoms with Crippen LogP contribution in [0.2, 0.25) is 0 Å². The SMILES string of the molecule is O=C1CC2(CCCCC2)Nc2ccc(C(F)(F)F)cc2N1. The number of hydrogen-bond acceptors (Lipinski definition) is 2. The molecule has 6 heteroatoms. The van der Waals surface area contributed by atoms with Gasteiger partial charge in [-0.2, -0.15) is 13.2 Å². The van der Waals surface area contributed by atoms with Crippen molar-refractivity contribution < 1.29 is 18.0 Å². The average Bonchev–Trinajstić information content (AvgIpc) is 2.52. The van der Waals surface area contributed by atoms with Gasteiger partial charge in [0.2, 0.25) is 5.91 Å². The molecule has 21 heavy (non-hydrogen) atoms. The van der Waals surface area contributed by atoms with Gasteiger partial charge in [0.05, 0.1) is 16.9 Å². The molecule has 3 nitrogen and oxygen atoms in total. The lowest BCUT2D eigenvalue weighted by Gasteiger charge is -2.37. The van der Waals surface area contributed by atoms with Crippen LogP contribution in [0.15, 0.2) is 18.2 Å². The average molecular weight is 298 g/mol. The Kier molecular flexibility index (Phi) is 3.34. The number of anilines is 2. The molecule has 1 aromatic carbocycles. The van der Waals surface area contributed by atoms with Crippen molar-refractivity contribution in [1.29, 1.82) is 0 Å². The second kappa shape index (κ2) is 4.93. The van der Waals surface area contributed by atoms with Crippen LogP contribution < -0.4 is 10.6 Å². The summed E-state index contributed by atoms with van der Waals surface area (Å²) in [6.07, 6.45) is 0.872. The van der Waals surface area contributed by atoms with Gasteiger partial charge in [-0.25, -0.2) is 0 Å². The van der Waals surface area contributed by atoms with Gasteiger partial charge in [0.1, 0.15) is 0 Å². The Morgan fingerprint density at radius 2 is 1.76 bits per heavy atom. The van der Waals surface area contributed by atoms with Crippen molar-refractivity contribution in [2.24, 2.45) is 0 Å². The molecule has 1 amide bonds. The first-order valence-electron chi connectivity index (χ1n) is 7.17. The van der Waals surface area contributed by atoms with Crippen LogP contribution in [0.25, 0.3) is 0 Å². The van der Waals surface area contributed by atoms with Gasteiger partial charge in [-0.15, -0.1) is 0 Å². The topological polar surface area (TPSA) is 41.1 Å². The second-order valence-electron chi connectivity index (χ2n) is 5.95. The highest BCUT2D eigenvalue weighted by Crippen LogP contribution is 2.41. The zero-order chi connectivity index (χ0) is 15.1. The molecule has 0 bridgehead atoms. The van der Waals surface area contributed by atoms with Crippen molar-refractivity contribution in [3.8, 4) is 0 Å². The van der Waals surface area contributed by atoms with Crippen LogP contribution in [0.3, 0.4) is 0 Å². The van der Waals surface area contributed by atoms with Gasteiger partial charge >= 0.3 is 6.18 Å². The lowest BCUT2D eigenvalue weighted by atomic mass is 9.79. The third-order valence-corrected chi connectivity index (χ3v) is 4.33. The van der Waals surface area contributed by atoms with Crippen LogP contribution in [0, 0.1) is 0 Å². The van der Waals surface area contributed by atoms with Gasteiger partial charge in [-0.05, 0) is 31.0 Å². The molecule has 1 aliphatic heterocycles. The normalized spacial score (nSPS) is 21.2. The fourth-order valence-corrected chi connectivity index (χ4v) is 3.29. The summed E-state index contributed by atoms with van der Waals surface area (Å²) in [6.45, 7) is 0. The van der Waals surface area contributed by atoms with E-state index in [9.17, 15) is 18.0 Å². The molecule has 1 aromatic rings. The van der Waals surface area contributed by atoms with E-state index in [0.717, 1.165) is 44.2 Å². The largest absolute Gasteiger partial charge is 0.416 e. The highest BCUT2D eigenvalue weighted by atomic mass is 19.4. The second-order valence-corrected chi connectivity index (χ2v) is 5.95. The molecule has 1 fully saturated rings. The van der Waals surface area contributed by atoms with Crippen molar-refractivity contribution >= 4 is 17.3 Å². The first-order chi connectivity index (χ1) is 9.88. The molecule has 3 rings (SSSR count).